The highest BCUT2D eigenvalue weighted by atomic mass is 16.3. The van der Waals surface area contributed by atoms with Crippen molar-refractivity contribution in [2.24, 2.45) is 0 Å². The van der Waals surface area contributed by atoms with Crippen molar-refractivity contribution in [1.82, 2.24) is 14.4 Å². The summed E-state index contributed by atoms with van der Waals surface area (Å²) in [7, 11) is 0. The molecule has 0 aliphatic rings. The van der Waals surface area contributed by atoms with Gasteiger partial charge in [0.2, 0.25) is 0 Å². The van der Waals surface area contributed by atoms with Crippen molar-refractivity contribution < 1.29 is 10.2 Å². The second kappa shape index (κ2) is 5.14. The molecular formula is C18H13N3O2. The SMILES string of the molecule is Oc1ccccc1-c1cn2ccnc2c(-c2ccccc2O)n1. The summed E-state index contributed by atoms with van der Waals surface area (Å²) in [5.74, 6) is 0.294. The van der Waals surface area contributed by atoms with Crippen LogP contribution in [0.2, 0.25) is 0 Å². The average Bonchev–Trinajstić information content (AvgIpc) is 3.03. The fourth-order valence-corrected chi connectivity index (χ4v) is 2.61. The topological polar surface area (TPSA) is 70.7 Å². The summed E-state index contributed by atoms with van der Waals surface area (Å²) in [5, 5.41) is 20.2. The van der Waals surface area contributed by atoms with Gasteiger partial charge in [-0.25, -0.2) is 9.97 Å². The first-order valence-corrected chi connectivity index (χ1v) is 7.14. The van der Waals surface area contributed by atoms with E-state index in [1.54, 1.807) is 48.8 Å². The van der Waals surface area contributed by atoms with Gasteiger partial charge in [0.1, 0.15) is 17.2 Å². The highest BCUT2D eigenvalue weighted by Crippen LogP contribution is 2.33. The van der Waals surface area contributed by atoms with Crippen LogP contribution in [0.4, 0.5) is 0 Å². The zero-order valence-electron chi connectivity index (χ0n) is 12.1. The van der Waals surface area contributed by atoms with Crippen molar-refractivity contribution in [3.8, 4) is 34.0 Å². The Labute approximate surface area is 132 Å². The summed E-state index contributed by atoms with van der Waals surface area (Å²) in [6, 6.07) is 14.0. The summed E-state index contributed by atoms with van der Waals surface area (Å²) in [6.07, 6.45) is 5.29. The minimum Gasteiger partial charge on any atom is -0.507 e. The van der Waals surface area contributed by atoms with Crippen molar-refractivity contribution in [3.05, 3.63) is 67.1 Å². The summed E-state index contributed by atoms with van der Waals surface area (Å²) in [6.45, 7) is 0. The predicted molar refractivity (Wildman–Crippen MR) is 87.2 cm³/mol. The Kier molecular flexibility index (Phi) is 2.98. The molecule has 5 nitrogen and oxygen atoms in total. The molecule has 2 heterocycles. The minimum atomic E-state index is 0.138. The number of para-hydroxylation sites is 2. The molecule has 5 heteroatoms. The summed E-state index contributed by atoms with van der Waals surface area (Å²) in [4.78, 5) is 8.95. The zero-order valence-corrected chi connectivity index (χ0v) is 12.1. The van der Waals surface area contributed by atoms with E-state index in [0.717, 1.165) is 0 Å². The maximum atomic E-state index is 10.2. The van der Waals surface area contributed by atoms with E-state index >= 15 is 0 Å². The lowest BCUT2D eigenvalue weighted by atomic mass is 10.1. The molecule has 4 rings (SSSR count). The number of rotatable bonds is 2. The molecule has 4 aromatic rings. The molecule has 2 aromatic carbocycles. The third-order valence-corrected chi connectivity index (χ3v) is 3.71. The lowest BCUT2D eigenvalue weighted by Gasteiger charge is -2.10. The number of imidazole rings is 1. The van der Waals surface area contributed by atoms with Crippen molar-refractivity contribution >= 4 is 5.65 Å². The zero-order chi connectivity index (χ0) is 15.8. The number of phenolic OH excluding ortho intramolecular Hbond substituents is 2. The van der Waals surface area contributed by atoms with Crippen molar-refractivity contribution in [2.75, 3.05) is 0 Å². The molecule has 0 radical (unpaired) electrons. The van der Waals surface area contributed by atoms with Crippen LogP contribution in [0.1, 0.15) is 0 Å². The predicted octanol–water partition coefficient (Wildman–Crippen LogP) is 3.47. The molecule has 0 saturated heterocycles. The van der Waals surface area contributed by atoms with Gasteiger partial charge in [0.05, 0.1) is 5.69 Å². The highest BCUT2D eigenvalue weighted by molar-refractivity contribution is 5.80. The number of benzene rings is 2. The van der Waals surface area contributed by atoms with Crippen LogP contribution < -0.4 is 0 Å². The second-order valence-electron chi connectivity index (χ2n) is 5.17. The van der Waals surface area contributed by atoms with Crippen LogP contribution >= 0.6 is 0 Å². The summed E-state index contributed by atoms with van der Waals surface area (Å²) in [5.41, 5.74) is 3.03. The van der Waals surface area contributed by atoms with E-state index in [0.29, 0.717) is 28.2 Å². The molecule has 0 fully saturated rings. The third-order valence-electron chi connectivity index (χ3n) is 3.71. The summed E-state index contributed by atoms with van der Waals surface area (Å²) >= 11 is 0. The van der Waals surface area contributed by atoms with Gasteiger partial charge < -0.3 is 14.6 Å². The van der Waals surface area contributed by atoms with Crippen LogP contribution in [-0.2, 0) is 0 Å². The van der Waals surface area contributed by atoms with E-state index in [1.165, 1.54) is 0 Å². The molecule has 0 saturated carbocycles. The molecule has 0 aliphatic heterocycles. The smallest absolute Gasteiger partial charge is 0.163 e. The molecule has 0 spiro atoms. The Morgan fingerprint density at radius 1 is 0.826 bits per heavy atom. The van der Waals surface area contributed by atoms with Crippen molar-refractivity contribution in [3.63, 3.8) is 0 Å². The Hall–Kier alpha value is -3.34. The number of aromatic hydroxyl groups is 2. The highest BCUT2D eigenvalue weighted by Gasteiger charge is 2.15. The van der Waals surface area contributed by atoms with Gasteiger partial charge in [-0.3, -0.25) is 0 Å². The number of nitrogens with zero attached hydrogens (tertiary/aromatic N) is 3. The molecule has 112 valence electrons. The quantitative estimate of drug-likeness (QED) is 0.595. The van der Waals surface area contributed by atoms with Gasteiger partial charge in [-0.15, -0.1) is 0 Å². The minimum absolute atomic E-state index is 0.138. The fourth-order valence-electron chi connectivity index (χ4n) is 2.61. The van der Waals surface area contributed by atoms with Gasteiger partial charge >= 0.3 is 0 Å². The van der Waals surface area contributed by atoms with Crippen LogP contribution in [0, 0.1) is 0 Å². The van der Waals surface area contributed by atoms with E-state index in [-0.39, 0.29) is 11.5 Å². The lowest BCUT2D eigenvalue weighted by Crippen LogP contribution is -1.96. The van der Waals surface area contributed by atoms with E-state index in [1.807, 2.05) is 22.7 Å². The van der Waals surface area contributed by atoms with Crippen molar-refractivity contribution in [1.29, 1.82) is 0 Å². The molecule has 2 aromatic heterocycles. The largest absolute Gasteiger partial charge is 0.507 e. The van der Waals surface area contributed by atoms with E-state index in [9.17, 15) is 10.2 Å². The first-order valence-electron chi connectivity index (χ1n) is 7.14. The third kappa shape index (κ3) is 2.19. The molecule has 2 N–H and O–H groups in total. The first-order chi connectivity index (χ1) is 11.2. The maximum absolute atomic E-state index is 10.2. The number of phenols is 2. The first kappa shape index (κ1) is 13.3. The van der Waals surface area contributed by atoms with E-state index < -0.39 is 0 Å². The molecule has 0 aliphatic carbocycles. The Morgan fingerprint density at radius 3 is 2.17 bits per heavy atom. The van der Waals surface area contributed by atoms with Gasteiger partial charge in [-0.2, -0.15) is 0 Å². The van der Waals surface area contributed by atoms with Crippen LogP contribution in [0.25, 0.3) is 28.2 Å². The molecule has 0 bridgehead atoms. The van der Waals surface area contributed by atoms with Crippen LogP contribution in [0.3, 0.4) is 0 Å². The van der Waals surface area contributed by atoms with E-state index in [4.69, 9.17) is 0 Å². The van der Waals surface area contributed by atoms with Gasteiger partial charge in [-0.05, 0) is 24.3 Å². The van der Waals surface area contributed by atoms with Gasteiger partial charge in [0.15, 0.2) is 5.65 Å². The number of hydrogen-bond donors (Lipinski definition) is 2. The van der Waals surface area contributed by atoms with E-state index in [2.05, 4.69) is 9.97 Å². The number of aromatic nitrogens is 3. The Balaban J connectivity index is 2.03. The standard InChI is InChI=1S/C18H13N3O2/c22-15-7-3-1-5-12(15)14-11-21-10-9-19-18(21)17(20-14)13-6-2-4-8-16(13)23/h1-11,22-23H. The van der Waals surface area contributed by atoms with Gasteiger partial charge in [0, 0.05) is 29.7 Å². The average molecular weight is 303 g/mol. The van der Waals surface area contributed by atoms with Crippen LogP contribution in [-0.4, -0.2) is 24.6 Å². The normalized spacial score (nSPS) is 11.0. The molecule has 0 unspecified atom stereocenters. The fraction of sp³-hybridized carbons (Fsp3) is 0. The summed E-state index contributed by atoms with van der Waals surface area (Å²) < 4.78 is 1.83. The second-order valence-corrected chi connectivity index (χ2v) is 5.17. The molecular weight excluding hydrogens is 290 g/mol. The Morgan fingerprint density at radius 2 is 1.48 bits per heavy atom. The van der Waals surface area contributed by atoms with Gasteiger partial charge in [0.25, 0.3) is 0 Å². The monoisotopic (exact) mass is 303 g/mol. The number of hydrogen-bond acceptors (Lipinski definition) is 4. The van der Waals surface area contributed by atoms with Crippen LogP contribution in [0.5, 0.6) is 11.5 Å². The molecule has 0 amide bonds. The lowest BCUT2D eigenvalue weighted by molar-refractivity contribution is 0.477. The number of fused-ring (bicyclic) bond motifs is 1. The van der Waals surface area contributed by atoms with Gasteiger partial charge in [-0.1, -0.05) is 24.3 Å². The molecule has 23 heavy (non-hydrogen) atoms. The Bertz CT molecular complexity index is 1010. The van der Waals surface area contributed by atoms with Crippen molar-refractivity contribution in [2.45, 2.75) is 0 Å². The maximum Gasteiger partial charge on any atom is 0.163 e. The van der Waals surface area contributed by atoms with Crippen LogP contribution in [0.15, 0.2) is 67.1 Å². The molecule has 0 atom stereocenters.